The molecule has 0 aliphatic carbocycles. The highest BCUT2D eigenvalue weighted by Gasteiger charge is 2.09. The second kappa shape index (κ2) is 5.90. The molecule has 0 amide bonds. The molecule has 86 valence electrons. The number of nitrogens with zero attached hydrogens (tertiary/aromatic N) is 2. The molecule has 0 radical (unpaired) electrons. The number of hydrogen-bond acceptors (Lipinski definition) is 3. The van der Waals surface area contributed by atoms with Crippen LogP contribution in [0.1, 0.15) is 20.3 Å². The standard InChI is InChI=1S/C10H19N3OS/c1-4-5-11-10-12-6-7-13(10)8-9(2)15(3)14/h6-7,9H,4-5,8H2,1-3H3,(H,11,12). The lowest BCUT2D eigenvalue weighted by atomic mass is 10.4. The maximum atomic E-state index is 11.3. The summed E-state index contributed by atoms with van der Waals surface area (Å²) in [6.45, 7) is 5.76. The Morgan fingerprint density at radius 1 is 1.67 bits per heavy atom. The molecule has 4 nitrogen and oxygen atoms in total. The minimum absolute atomic E-state index is 0.154. The van der Waals surface area contributed by atoms with Gasteiger partial charge in [-0.2, -0.15) is 0 Å². The molecular weight excluding hydrogens is 210 g/mol. The minimum atomic E-state index is -0.785. The number of nitrogens with one attached hydrogen (secondary N) is 1. The van der Waals surface area contributed by atoms with E-state index in [1.54, 1.807) is 12.5 Å². The molecule has 0 aliphatic rings. The molecule has 1 N–H and O–H groups in total. The average Bonchev–Trinajstić information content (AvgIpc) is 2.62. The van der Waals surface area contributed by atoms with Gasteiger partial charge in [0.05, 0.1) is 0 Å². The van der Waals surface area contributed by atoms with Crippen LogP contribution >= 0.6 is 0 Å². The Hall–Kier alpha value is -0.840. The van der Waals surface area contributed by atoms with E-state index in [-0.39, 0.29) is 5.25 Å². The first-order valence-electron chi connectivity index (χ1n) is 5.22. The van der Waals surface area contributed by atoms with Gasteiger partial charge in [0, 0.05) is 47.8 Å². The summed E-state index contributed by atoms with van der Waals surface area (Å²) >= 11 is 0. The van der Waals surface area contributed by atoms with E-state index < -0.39 is 10.8 Å². The Morgan fingerprint density at radius 2 is 2.40 bits per heavy atom. The Bertz CT molecular complexity index is 324. The van der Waals surface area contributed by atoms with Gasteiger partial charge >= 0.3 is 0 Å². The van der Waals surface area contributed by atoms with Gasteiger partial charge in [0.25, 0.3) is 0 Å². The average molecular weight is 229 g/mol. The van der Waals surface area contributed by atoms with Crippen molar-refractivity contribution in [3.05, 3.63) is 12.4 Å². The van der Waals surface area contributed by atoms with Crippen molar-refractivity contribution in [1.82, 2.24) is 9.55 Å². The first-order chi connectivity index (χ1) is 7.15. The smallest absolute Gasteiger partial charge is 0.202 e. The Kier molecular flexibility index (Phi) is 4.81. The van der Waals surface area contributed by atoms with Gasteiger partial charge in [-0.15, -0.1) is 0 Å². The van der Waals surface area contributed by atoms with Gasteiger partial charge in [-0.1, -0.05) is 6.92 Å². The molecular formula is C10H19N3OS. The second-order valence-electron chi connectivity index (χ2n) is 3.64. The van der Waals surface area contributed by atoms with E-state index in [4.69, 9.17) is 0 Å². The van der Waals surface area contributed by atoms with E-state index in [1.165, 1.54) is 0 Å². The second-order valence-corrected chi connectivity index (χ2v) is 5.44. The fourth-order valence-corrected chi connectivity index (χ4v) is 1.61. The molecule has 0 saturated carbocycles. The van der Waals surface area contributed by atoms with Crippen LogP contribution in [0.5, 0.6) is 0 Å². The predicted octanol–water partition coefficient (Wildman–Crippen LogP) is 1.47. The third-order valence-corrected chi connectivity index (χ3v) is 3.55. The molecule has 1 aromatic heterocycles. The molecule has 1 rings (SSSR count). The number of hydrogen-bond donors (Lipinski definition) is 1. The van der Waals surface area contributed by atoms with Crippen molar-refractivity contribution in [2.24, 2.45) is 0 Å². The van der Waals surface area contributed by atoms with E-state index in [9.17, 15) is 4.21 Å². The highest BCUT2D eigenvalue weighted by Crippen LogP contribution is 2.07. The van der Waals surface area contributed by atoms with Gasteiger partial charge in [-0.25, -0.2) is 4.98 Å². The van der Waals surface area contributed by atoms with E-state index in [0.29, 0.717) is 0 Å². The lowest BCUT2D eigenvalue weighted by molar-refractivity contribution is 0.644. The van der Waals surface area contributed by atoms with Gasteiger partial charge in [-0.05, 0) is 13.3 Å². The summed E-state index contributed by atoms with van der Waals surface area (Å²) in [7, 11) is -0.785. The third-order valence-electron chi connectivity index (χ3n) is 2.27. The Morgan fingerprint density at radius 3 is 3.00 bits per heavy atom. The zero-order valence-electron chi connectivity index (χ0n) is 9.56. The Balaban J connectivity index is 2.60. The molecule has 0 fully saturated rings. The molecule has 1 aromatic rings. The van der Waals surface area contributed by atoms with Gasteiger partial charge in [0.1, 0.15) is 0 Å². The van der Waals surface area contributed by atoms with E-state index in [2.05, 4.69) is 17.2 Å². The number of aromatic nitrogens is 2. The van der Waals surface area contributed by atoms with Gasteiger partial charge < -0.3 is 9.88 Å². The molecule has 15 heavy (non-hydrogen) atoms. The molecule has 5 heteroatoms. The van der Waals surface area contributed by atoms with Crippen LogP contribution in [0.15, 0.2) is 12.4 Å². The van der Waals surface area contributed by atoms with Gasteiger partial charge in [0.2, 0.25) is 5.95 Å². The third kappa shape index (κ3) is 3.66. The van der Waals surface area contributed by atoms with Crippen LogP contribution in [0.4, 0.5) is 5.95 Å². The van der Waals surface area contributed by atoms with Gasteiger partial charge in [-0.3, -0.25) is 4.21 Å². The zero-order chi connectivity index (χ0) is 11.3. The highest BCUT2D eigenvalue weighted by molar-refractivity contribution is 7.84. The molecule has 0 aliphatic heterocycles. The van der Waals surface area contributed by atoms with Crippen molar-refractivity contribution < 1.29 is 4.21 Å². The van der Waals surface area contributed by atoms with Crippen molar-refractivity contribution in [2.75, 3.05) is 18.1 Å². The van der Waals surface area contributed by atoms with Crippen molar-refractivity contribution in [1.29, 1.82) is 0 Å². The SMILES string of the molecule is CCCNc1nccn1CC(C)S(C)=O. The van der Waals surface area contributed by atoms with Crippen molar-refractivity contribution >= 4 is 16.7 Å². The lowest BCUT2D eigenvalue weighted by Gasteiger charge is -2.12. The highest BCUT2D eigenvalue weighted by atomic mass is 32.2. The van der Waals surface area contributed by atoms with Crippen LogP contribution < -0.4 is 5.32 Å². The summed E-state index contributed by atoms with van der Waals surface area (Å²) in [6.07, 6.45) is 6.49. The molecule has 0 aromatic carbocycles. The van der Waals surface area contributed by atoms with Crippen molar-refractivity contribution in [3.8, 4) is 0 Å². The first kappa shape index (κ1) is 12.2. The summed E-state index contributed by atoms with van der Waals surface area (Å²) in [5.41, 5.74) is 0. The summed E-state index contributed by atoms with van der Waals surface area (Å²) in [6, 6.07) is 0. The summed E-state index contributed by atoms with van der Waals surface area (Å²) in [4.78, 5) is 4.22. The normalized spacial score (nSPS) is 14.9. The quantitative estimate of drug-likeness (QED) is 0.803. The van der Waals surface area contributed by atoms with E-state index in [1.807, 2.05) is 17.7 Å². The fraction of sp³-hybridized carbons (Fsp3) is 0.700. The van der Waals surface area contributed by atoms with Crippen LogP contribution in [-0.4, -0.2) is 31.8 Å². The molecule has 0 spiro atoms. The van der Waals surface area contributed by atoms with Crippen LogP contribution in [0.25, 0.3) is 0 Å². The number of imidazole rings is 1. The summed E-state index contributed by atoms with van der Waals surface area (Å²) in [5.74, 6) is 0.870. The van der Waals surface area contributed by atoms with E-state index in [0.717, 1.165) is 25.5 Å². The van der Waals surface area contributed by atoms with Crippen LogP contribution in [0.3, 0.4) is 0 Å². The monoisotopic (exact) mass is 229 g/mol. The number of rotatable bonds is 6. The first-order valence-corrected chi connectivity index (χ1v) is 6.84. The largest absolute Gasteiger partial charge is 0.356 e. The van der Waals surface area contributed by atoms with Gasteiger partial charge in [0.15, 0.2) is 0 Å². The summed E-state index contributed by atoms with van der Waals surface area (Å²) in [5, 5.41) is 3.39. The van der Waals surface area contributed by atoms with Crippen molar-refractivity contribution in [2.45, 2.75) is 32.1 Å². The summed E-state index contributed by atoms with van der Waals surface area (Å²) < 4.78 is 13.3. The topological polar surface area (TPSA) is 46.9 Å². The number of anilines is 1. The fourth-order valence-electron chi connectivity index (χ4n) is 1.24. The molecule has 0 saturated heterocycles. The van der Waals surface area contributed by atoms with Crippen LogP contribution in [-0.2, 0) is 17.3 Å². The molecule has 2 atom stereocenters. The van der Waals surface area contributed by atoms with Crippen LogP contribution in [0.2, 0.25) is 0 Å². The molecule has 1 heterocycles. The molecule has 2 unspecified atom stereocenters. The predicted molar refractivity (Wildman–Crippen MR) is 64.5 cm³/mol. The maximum Gasteiger partial charge on any atom is 0.202 e. The lowest BCUT2D eigenvalue weighted by Crippen LogP contribution is -2.19. The van der Waals surface area contributed by atoms with E-state index >= 15 is 0 Å². The maximum absolute atomic E-state index is 11.3. The van der Waals surface area contributed by atoms with Crippen molar-refractivity contribution in [3.63, 3.8) is 0 Å². The minimum Gasteiger partial charge on any atom is -0.356 e. The Labute approximate surface area is 93.5 Å². The zero-order valence-corrected chi connectivity index (χ0v) is 10.4. The van der Waals surface area contributed by atoms with Crippen LogP contribution in [0, 0.1) is 0 Å². The molecule has 0 bridgehead atoms.